The summed E-state index contributed by atoms with van der Waals surface area (Å²) < 4.78 is 13.9. The van der Waals surface area contributed by atoms with Crippen LogP contribution < -0.4 is 10.6 Å². The monoisotopic (exact) mass is 307 g/mol. The van der Waals surface area contributed by atoms with E-state index < -0.39 is 11.7 Å². The Kier molecular flexibility index (Phi) is 5.08. The predicted octanol–water partition coefficient (Wildman–Crippen LogP) is 1.14. The molecule has 0 radical (unpaired) electrons. The molecule has 0 unspecified atom stereocenters. The van der Waals surface area contributed by atoms with Gasteiger partial charge in [0, 0.05) is 25.7 Å². The summed E-state index contributed by atoms with van der Waals surface area (Å²) >= 11 is 0. The Morgan fingerprint density at radius 2 is 1.91 bits per heavy atom. The zero-order valence-electron chi connectivity index (χ0n) is 12.3. The van der Waals surface area contributed by atoms with E-state index in [1.807, 2.05) is 0 Å². The summed E-state index contributed by atoms with van der Waals surface area (Å²) in [4.78, 5) is 36.3. The van der Waals surface area contributed by atoms with Gasteiger partial charge >= 0.3 is 0 Å². The third kappa shape index (κ3) is 4.03. The van der Waals surface area contributed by atoms with Crippen molar-refractivity contribution in [2.24, 2.45) is 0 Å². The summed E-state index contributed by atoms with van der Waals surface area (Å²) in [6.07, 6.45) is 1.94. The van der Waals surface area contributed by atoms with Crippen molar-refractivity contribution in [3.63, 3.8) is 0 Å². The van der Waals surface area contributed by atoms with Gasteiger partial charge < -0.3 is 15.5 Å². The van der Waals surface area contributed by atoms with Crippen LogP contribution in [-0.4, -0.2) is 42.3 Å². The molecule has 22 heavy (non-hydrogen) atoms. The lowest BCUT2D eigenvalue weighted by Crippen LogP contribution is -2.38. The van der Waals surface area contributed by atoms with Crippen LogP contribution in [0.5, 0.6) is 0 Å². The molecule has 1 aliphatic rings. The molecule has 1 heterocycles. The standard InChI is InChI=1S/C15H18FN3O3/c1-10(20)18-11-4-5-12(13(16)8-11)15(22)17-9-14(21)19-6-2-3-7-19/h4-5,8H,2-3,6-7,9H2,1H3,(H,17,22)(H,18,20). The van der Waals surface area contributed by atoms with Crippen molar-refractivity contribution in [2.75, 3.05) is 25.0 Å². The first kappa shape index (κ1) is 15.9. The minimum absolute atomic E-state index is 0.147. The number of carbonyl (C=O) groups excluding carboxylic acids is 3. The van der Waals surface area contributed by atoms with Crippen LogP contribution in [0.4, 0.5) is 10.1 Å². The maximum Gasteiger partial charge on any atom is 0.254 e. The summed E-state index contributed by atoms with van der Waals surface area (Å²) in [5.41, 5.74) is 0.109. The number of anilines is 1. The minimum atomic E-state index is -0.752. The zero-order valence-corrected chi connectivity index (χ0v) is 12.3. The largest absolute Gasteiger partial charge is 0.343 e. The van der Waals surface area contributed by atoms with E-state index in [0.29, 0.717) is 13.1 Å². The Bertz CT molecular complexity index is 598. The number of nitrogens with one attached hydrogen (secondary N) is 2. The van der Waals surface area contributed by atoms with E-state index in [1.165, 1.54) is 19.1 Å². The molecule has 1 aliphatic heterocycles. The molecule has 0 spiro atoms. The first-order valence-electron chi connectivity index (χ1n) is 7.10. The van der Waals surface area contributed by atoms with Gasteiger partial charge in [0.2, 0.25) is 11.8 Å². The molecule has 1 saturated heterocycles. The van der Waals surface area contributed by atoms with Gasteiger partial charge in [-0.1, -0.05) is 0 Å². The van der Waals surface area contributed by atoms with Crippen LogP contribution in [0.25, 0.3) is 0 Å². The number of nitrogens with zero attached hydrogens (tertiary/aromatic N) is 1. The molecule has 0 saturated carbocycles. The SMILES string of the molecule is CC(=O)Nc1ccc(C(=O)NCC(=O)N2CCCC2)c(F)c1. The van der Waals surface area contributed by atoms with E-state index in [0.717, 1.165) is 18.9 Å². The molecule has 0 bridgehead atoms. The van der Waals surface area contributed by atoms with E-state index in [-0.39, 0.29) is 29.6 Å². The highest BCUT2D eigenvalue weighted by Gasteiger charge is 2.19. The van der Waals surface area contributed by atoms with Crippen molar-refractivity contribution in [2.45, 2.75) is 19.8 Å². The van der Waals surface area contributed by atoms with Gasteiger partial charge in [0.15, 0.2) is 0 Å². The zero-order chi connectivity index (χ0) is 16.1. The average Bonchev–Trinajstić information content (AvgIpc) is 2.98. The summed E-state index contributed by atoms with van der Waals surface area (Å²) in [7, 11) is 0. The molecule has 1 fully saturated rings. The third-order valence-corrected chi connectivity index (χ3v) is 3.39. The van der Waals surface area contributed by atoms with Crippen molar-refractivity contribution in [1.82, 2.24) is 10.2 Å². The van der Waals surface area contributed by atoms with Gasteiger partial charge in [0.05, 0.1) is 12.1 Å². The van der Waals surface area contributed by atoms with Crippen LogP contribution in [0.2, 0.25) is 0 Å². The molecule has 2 N–H and O–H groups in total. The smallest absolute Gasteiger partial charge is 0.254 e. The highest BCUT2D eigenvalue weighted by molar-refractivity contribution is 5.97. The normalized spacial score (nSPS) is 13.8. The first-order chi connectivity index (χ1) is 10.5. The second-order valence-electron chi connectivity index (χ2n) is 5.15. The number of hydrogen-bond acceptors (Lipinski definition) is 3. The number of likely N-dealkylation sites (tertiary alicyclic amines) is 1. The second kappa shape index (κ2) is 7.02. The van der Waals surface area contributed by atoms with Crippen molar-refractivity contribution < 1.29 is 18.8 Å². The van der Waals surface area contributed by atoms with Crippen LogP contribution >= 0.6 is 0 Å². The maximum absolute atomic E-state index is 13.9. The highest BCUT2D eigenvalue weighted by atomic mass is 19.1. The van der Waals surface area contributed by atoms with Crippen molar-refractivity contribution >= 4 is 23.4 Å². The summed E-state index contributed by atoms with van der Waals surface area (Å²) in [5, 5.41) is 4.85. The van der Waals surface area contributed by atoms with Crippen molar-refractivity contribution in [3.05, 3.63) is 29.6 Å². The fourth-order valence-electron chi connectivity index (χ4n) is 2.31. The Morgan fingerprint density at radius 1 is 1.23 bits per heavy atom. The molecule has 3 amide bonds. The Balaban J connectivity index is 1.94. The molecule has 0 aromatic heterocycles. The molecule has 0 atom stereocenters. The Morgan fingerprint density at radius 3 is 2.50 bits per heavy atom. The van der Waals surface area contributed by atoms with Gasteiger partial charge in [-0.25, -0.2) is 4.39 Å². The van der Waals surface area contributed by atoms with Crippen LogP contribution in [0.15, 0.2) is 18.2 Å². The third-order valence-electron chi connectivity index (χ3n) is 3.39. The summed E-state index contributed by atoms with van der Waals surface area (Å²) in [6.45, 7) is 2.57. The van der Waals surface area contributed by atoms with Gasteiger partial charge in [-0.05, 0) is 31.0 Å². The van der Waals surface area contributed by atoms with Crippen molar-refractivity contribution in [1.29, 1.82) is 0 Å². The Hall–Kier alpha value is -2.44. The van der Waals surface area contributed by atoms with Gasteiger partial charge in [0.1, 0.15) is 5.82 Å². The van der Waals surface area contributed by atoms with E-state index >= 15 is 0 Å². The first-order valence-corrected chi connectivity index (χ1v) is 7.10. The summed E-state index contributed by atoms with van der Waals surface area (Å²) in [5.74, 6) is -1.90. The lowest BCUT2D eigenvalue weighted by molar-refractivity contribution is -0.129. The number of amides is 3. The fourth-order valence-corrected chi connectivity index (χ4v) is 2.31. The topological polar surface area (TPSA) is 78.5 Å². The van der Waals surface area contributed by atoms with E-state index in [1.54, 1.807) is 4.90 Å². The molecule has 118 valence electrons. The quantitative estimate of drug-likeness (QED) is 0.875. The minimum Gasteiger partial charge on any atom is -0.343 e. The molecule has 2 rings (SSSR count). The molecule has 6 nitrogen and oxygen atoms in total. The molecular formula is C15H18FN3O3. The number of rotatable bonds is 4. The molecule has 0 aliphatic carbocycles. The van der Waals surface area contributed by atoms with Gasteiger partial charge in [-0.2, -0.15) is 0 Å². The fraction of sp³-hybridized carbons (Fsp3) is 0.400. The molecule has 7 heteroatoms. The lowest BCUT2D eigenvalue weighted by Gasteiger charge is -2.15. The molecule has 1 aromatic rings. The number of halogens is 1. The highest BCUT2D eigenvalue weighted by Crippen LogP contribution is 2.14. The van der Waals surface area contributed by atoms with Gasteiger partial charge in [-0.3, -0.25) is 14.4 Å². The van der Waals surface area contributed by atoms with E-state index in [4.69, 9.17) is 0 Å². The second-order valence-corrected chi connectivity index (χ2v) is 5.15. The predicted molar refractivity (Wildman–Crippen MR) is 78.9 cm³/mol. The van der Waals surface area contributed by atoms with E-state index in [2.05, 4.69) is 10.6 Å². The van der Waals surface area contributed by atoms with Crippen LogP contribution in [-0.2, 0) is 9.59 Å². The number of hydrogen-bond donors (Lipinski definition) is 2. The van der Waals surface area contributed by atoms with Gasteiger partial charge in [-0.15, -0.1) is 0 Å². The van der Waals surface area contributed by atoms with Crippen molar-refractivity contribution in [3.8, 4) is 0 Å². The Labute approximate surface area is 127 Å². The number of benzene rings is 1. The van der Waals surface area contributed by atoms with E-state index in [9.17, 15) is 18.8 Å². The van der Waals surface area contributed by atoms with Crippen LogP contribution in [0.3, 0.4) is 0 Å². The number of carbonyl (C=O) groups is 3. The van der Waals surface area contributed by atoms with Crippen LogP contribution in [0.1, 0.15) is 30.1 Å². The average molecular weight is 307 g/mol. The maximum atomic E-state index is 13.9. The van der Waals surface area contributed by atoms with Crippen LogP contribution in [0, 0.1) is 5.82 Å². The lowest BCUT2D eigenvalue weighted by atomic mass is 10.1. The molecule has 1 aromatic carbocycles. The summed E-state index contributed by atoms with van der Waals surface area (Å²) in [6, 6.07) is 3.77. The van der Waals surface area contributed by atoms with Gasteiger partial charge in [0.25, 0.3) is 5.91 Å². The molecular weight excluding hydrogens is 289 g/mol.